The van der Waals surface area contributed by atoms with Crippen LogP contribution in [0, 0.1) is 12.1 Å². The molecule has 0 spiro atoms. The molecule has 1 atom stereocenters. The summed E-state index contributed by atoms with van der Waals surface area (Å²) in [5, 5.41) is 17.9. The van der Waals surface area contributed by atoms with E-state index in [-0.39, 0.29) is 11.6 Å². The lowest BCUT2D eigenvalue weighted by molar-refractivity contribution is -0.645. The van der Waals surface area contributed by atoms with Crippen molar-refractivity contribution < 1.29 is 23.6 Å². The largest absolute Gasteiger partial charge is 0.618 e. The van der Waals surface area contributed by atoms with Crippen molar-refractivity contribution >= 4 is 29.5 Å². The Morgan fingerprint density at radius 2 is 2.30 bits per heavy atom. The van der Waals surface area contributed by atoms with Crippen molar-refractivity contribution in [1.82, 2.24) is 5.16 Å². The molecule has 0 saturated carbocycles. The quantitative estimate of drug-likeness (QED) is 0.366. The number of anilines is 1. The van der Waals surface area contributed by atoms with Gasteiger partial charge in [0, 0.05) is 18.2 Å². The van der Waals surface area contributed by atoms with Gasteiger partial charge in [0.05, 0.1) is 0 Å². The molecule has 1 amide bonds. The van der Waals surface area contributed by atoms with Crippen LogP contribution >= 0.6 is 11.8 Å². The van der Waals surface area contributed by atoms with Gasteiger partial charge in [-0.2, -0.15) is 4.73 Å². The summed E-state index contributed by atoms with van der Waals surface area (Å²) in [4.78, 5) is 23.6. The van der Waals surface area contributed by atoms with Crippen LogP contribution in [0.1, 0.15) is 12.7 Å². The molecular formula is C14H15N3O5S. The summed E-state index contributed by atoms with van der Waals surface area (Å²) >= 11 is 1.03. The number of carbonyl (C=O) groups is 2. The summed E-state index contributed by atoms with van der Waals surface area (Å²) in [6.45, 7) is 3.14. The lowest BCUT2D eigenvalue weighted by Gasteiger charge is -2.11. The van der Waals surface area contributed by atoms with Crippen LogP contribution in [-0.2, 0) is 14.3 Å². The molecule has 9 heteroatoms. The number of nitrogens with one attached hydrogen (secondary N) is 1. The third kappa shape index (κ3) is 4.99. The van der Waals surface area contributed by atoms with E-state index < -0.39 is 18.0 Å². The highest BCUT2D eigenvalue weighted by Gasteiger charge is 2.20. The molecule has 2 aromatic heterocycles. The number of aryl methyl sites for hydroxylation is 1. The first-order valence-corrected chi connectivity index (χ1v) is 7.69. The number of amides is 1. The van der Waals surface area contributed by atoms with E-state index in [1.165, 1.54) is 13.1 Å². The van der Waals surface area contributed by atoms with Gasteiger partial charge in [-0.1, -0.05) is 5.16 Å². The number of hydrogen-bond acceptors (Lipinski definition) is 7. The second-order valence-electron chi connectivity index (χ2n) is 4.60. The molecule has 1 N–H and O–H groups in total. The van der Waals surface area contributed by atoms with Crippen LogP contribution in [-0.4, -0.2) is 28.9 Å². The van der Waals surface area contributed by atoms with E-state index >= 15 is 0 Å². The molecule has 0 bridgehead atoms. The first-order chi connectivity index (χ1) is 11.0. The predicted molar refractivity (Wildman–Crippen MR) is 81.5 cm³/mol. The van der Waals surface area contributed by atoms with E-state index in [9.17, 15) is 14.8 Å². The first-order valence-electron chi connectivity index (χ1n) is 6.70. The minimum Gasteiger partial charge on any atom is -0.618 e. The van der Waals surface area contributed by atoms with Crippen molar-refractivity contribution in [2.45, 2.75) is 25.0 Å². The summed E-state index contributed by atoms with van der Waals surface area (Å²) in [6, 6.07) is 6.42. The van der Waals surface area contributed by atoms with Gasteiger partial charge in [0.1, 0.15) is 11.5 Å². The van der Waals surface area contributed by atoms with Gasteiger partial charge in [-0.15, -0.1) is 0 Å². The van der Waals surface area contributed by atoms with Crippen LogP contribution in [0.2, 0.25) is 0 Å². The van der Waals surface area contributed by atoms with Gasteiger partial charge in [0.15, 0.2) is 18.1 Å². The third-order valence-electron chi connectivity index (χ3n) is 2.68. The third-order valence-corrected chi connectivity index (χ3v) is 3.68. The zero-order valence-electron chi connectivity index (χ0n) is 12.5. The Balaban J connectivity index is 1.80. The molecule has 0 aliphatic carbocycles. The van der Waals surface area contributed by atoms with Crippen LogP contribution in [0.25, 0.3) is 0 Å². The molecule has 0 saturated heterocycles. The average molecular weight is 337 g/mol. The molecule has 2 rings (SSSR count). The average Bonchev–Trinajstić information content (AvgIpc) is 2.91. The van der Waals surface area contributed by atoms with Gasteiger partial charge in [-0.25, -0.2) is 0 Å². The number of thioether (sulfide) groups is 1. The monoisotopic (exact) mass is 337 g/mol. The number of hydrogen-bond donors (Lipinski definition) is 1. The molecule has 2 heterocycles. The second-order valence-corrected chi connectivity index (χ2v) is 5.59. The molecule has 0 radical (unpaired) electrons. The van der Waals surface area contributed by atoms with E-state index in [1.807, 2.05) is 0 Å². The summed E-state index contributed by atoms with van der Waals surface area (Å²) in [7, 11) is 0. The molecule has 0 aromatic carbocycles. The van der Waals surface area contributed by atoms with Crippen molar-refractivity contribution in [1.29, 1.82) is 0 Å². The number of rotatable bonds is 6. The highest BCUT2D eigenvalue weighted by Crippen LogP contribution is 2.13. The molecule has 0 aliphatic heterocycles. The van der Waals surface area contributed by atoms with Crippen LogP contribution < -0.4 is 10.0 Å². The number of nitrogens with zero attached hydrogens (tertiary/aromatic N) is 2. The summed E-state index contributed by atoms with van der Waals surface area (Å²) in [5.74, 6) is -0.392. The van der Waals surface area contributed by atoms with E-state index in [2.05, 4.69) is 10.5 Å². The van der Waals surface area contributed by atoms with Crippen LogP contribution in [0.15, 0.2) is 40.0 Å². The maximum Gasteiger partial charge on any atom is 0.317 e. The van der Waals surface area contributed by atoms with Crippen molar-refractivity contribution in [3.05, 3.63) is 41.4 Å². The van der Waals surface area contributed by atoms with Crippen LogP contribution in [0.4, 0.5) is 5.82 Å². The highest BCUT2D eigenvalue weighted by atomic mass is 32.2. The molecular weight excluding hydrogens is 322 g/mol. The number of esters is 1. The molecule has 122 valence electrons. The van der Waals surface area contributed by atoms with Gasteiger partial charge in [-0.3, -0.25) is 9.59 Å². The zero-order valence-corrected chi connectivity index (χ0v) is 13.3. The SMILES string of the molecule is Cc1cc(NC(=O)[C@H](C)OC(=O)CSc2cccc[n+]2[O-])no1. The number of pyridine rings is 1. The highest BCUT2D eigenvalue weighted by molar-refractivity contribution is 7.99. The number of ether oxygens (including phenoxy) is 1. The molecule has 0 unspecified atom stereocenters. The van der Waals surface area contributed by atoms with Gasteiger partial charge < -0.3 is 19.8 Å². The molecule has 8 nitrogen and oxygen atoms in total. The van der Waals surface area contributed by atoms with Gasteiger partial charge in [0.25, 0.3) is 10.9 Å². The van der Waals surface area contributed by atoms with E-state index in [4.69, 9.17) is 9.26 Å². The molecule has 2 aromatic rings. The topological polar surface area (TPSA) is 108 Å². The Morgan fingerprint density at radius 1 is 1.52 bits per heavy atom. The number of aromatic nitrogens is 2. The van der Waals surface area contributed by atoms with E-state index in [0.717, 1.165) is 11.8 Å². The maximum atomic E-state index is 11.9. The maximum absolute atomic E-state index is 11.9. The fourth-order valence-corrected chi connectivity index (χ4v) is 2.29. The van der Waals surface area contributed by atoms with Crippen molar-refractivity contribution in [3.8, 4) is 0 Å². The lowest BCUT2D eigenvalue weighted by Crippen LogP contribution is -2.31. The van der Waals surface area contributed by atoms with Crippen molar-refractivity contribution in [3.63, 3.8) is 0 Å². The number of carbonyl (C=O) groups excluding carboxylic acids is 2. The summed E-state index contributed by atoms with van der Waals surface area (Å²) in [5.41, 5.74) is 0. The molecule has 23 heavy (non-hydrogen) atoms. The zero-order chi connectivity index (χ0) is 16.8. The Morgan fingerprint density at radius 3 is 2.96 bits per heavy atom. The fraction of sp³-hybridized carbons (Fsp3) is 0.286. The minimum atomic E-state index is -0.991. The van der Waals surface area contributed by atoms with Crippen LogP contribution in [0.3, 0.4) is 0 Å². The summed E-state index contributed by atoms with van der Waals surface area (Å²) in [6.07, 6.45) is 0.346. The predicted octanol–water partition coefficient (Wildman–Crippen LogP) is 1.28. The van der Waals surface area contributed by atoms with Gasteiger partial charge in [-0.05, 0) is 31.7 Å². The minimum absolute atomic E-state index is 0.0764. The van der Waals surface area contributed by atoms with Gasteiger partial charge in [0.2, 0.25) is 0 Å². The molecule has 0 aliphatic rings. The van der Waals surface area contributed by atoms with E-state index in [1.54, 1.807) is 31.2 Å². The first kappa shape index (κ1) is 16.8. The lowest BCUT2D eigenvalue weighted by atomic mass is 10.3. The normalized spacial score (nSPS) is 11.7. The second kappa shape index (κ2) is 7.63. The molecule has 0 fully saturated rings. The van der Waals surface area contributed by atoms with Crippen LogP contribution in [0.5, 0.6) is 0 Å². The Bertz CT molecular complexity index is 703. The fourth-order valence-electron chi connectivity index (χ4n) is 1.60. The van der Waals surface area contributed by atoms with Crippen molar-refractivity contribution in [2.75, 3.05) is 11.1 Å². The summed E-state index contributed by atoms with van der Waals surface area (Å²) < 4.78 is 10.5. The Labute approximate surface area is 136 Å². The van der Waals surface area contributed by atoms with Crippen molar-refractivity contribution in [2.24, 2.45) is 0 Å². The van der Waals surface area contributed by atoms with Gasteiger partial charge >= 0.3 is 5.97 Å². The Kier molecular flexibility index (Phi) is 5.58. The Hall–Kier alpha value is -2.55. The standard InChI is InChI=1S/C14H15N3O5S/c1-9-7-11(16-22-9)15-14(19)10(2)21-13(18)8-23-12-5-3-4-6-17(12)20/h3-7,10H,8H2,1-2H3,(H,15,16,19)/t10-/m0/s1. The van der Waals surface area contributed by atoms with E-state index in [0.29, 0.717) is 15.5 Å². The smallest absolute Gasteiger partial charge is 0.317 e.